The highest BCUT2D eigenvalue weighted by Crippen LogP contribution is 2.33. The molecule has 0 aliphatic heterocycles. The molecule has 0 amide bonds. The van der Waals surface area contributed by atoms with Crippen LogP contribution in [0.4, 0.5) is 5.69 Å². The van der Waals surface area contributed by atoms with Crippen LogP contribution in [0.1, 0.15) is 27.7 Å². The van der Waals surface area contributed by atoms with Gasteiger partial charge < -0.3 is 10.1 Å². The molecule has 2 aromatic carbocycles. The van der Waals surface area contributed by atoms with Crippen molar-refractivity contribution >= 4 is 33.1 Å². The molecule has 0 aliphatic carbocycles. The molecule has 1 heterocycles. The number of rotatable bonds is 5. The van der Waals surface area contributed by atoms with E-state index in [9.17, 15) is 4.79 Å². The van der Waals surface area contributed by atoms with Gasteiger partial charge in [0.25, 0.3) is 0 Å². The van der Waals surface area contributed by atoms with E-state index in [0.29, 0.717) is 11.5 Å². The highest BCUT2D eigenvalue weighted by molar-refractivity contribution is 7.21. The summed E-state index contributed by atoms with van der Waals surface area (Å²) in [6.45, 7) is 4.98. The van der Waals surface area contributed by atoms with E-state index in [4.69, 9.17) is 4.74 Å². The van der Waals surface area contributed by atoms with Crippen molar-refractivity contribution in [3.63, 3.8) is 0 Å². The number of aryl methyl sites for hydroxylation is 1. The van der Waals surface area contributed by atoms with Crippen LogP contribution in [0.15, 0.2) is 48.5 Å². The summed E-state index contributed by atoms with van der Waals surface area (Å²) >= 11 is 1.49. The Hall–Kier alpha value is -2.33. The number of esters is 1. The number of carbonyl (C=O) groups is 1. The Bertz CT molecular complexity index is 824. The highest BCUT2D eigenvalue weighted by Gasteiger charge is 2.16. The van der Waals surface area contributed by atoms with Gasteiger partial charge in [0, 0.05) is 16.9 Å². The molecule has 3 aromatic rings. The zero-order valence-corrected chi connectivity index (χ0v) is 14.1. The van der Waals surface area contributed by atoms with E-state index in [1.54, 1.807) is 0 Å². The van der Waals surface area contributed by atoms with Crippen molar-refractivity contribution in [1.29, 1.82) is 0 Å². The second-order valence-electron chi connectivity index (χ2n) is 5.33. The molecule has 0 aliphatic rings. The monoisotopic (exact) mass is 325 g/mol. The van der Waals surface area contributed by atoms with Crippen LogP contribution in [0.3, 0.4) is 0 Å². The van der Waals surface area contributed by atoms with Crippen molar-refractivity contribution in [3.8, 4) is 0 Å². The van der Waals surface area contributed by atoms with Gasteiger partial charge in [-0.05, 0) is 42.5 Å². The molecule has 0 bridgehead atoms. The second-order valence-corrected chi connectivity index (χ2v) is 6.38. The lowest BCUT2D eigenvalue weighted by atomic mass is 10.1. The molecule has 0 unspecified atom stereocenters. The van der Waals surface area contributed by atoms with Gasteiger partial charge in [-0.15, -0.1) is 11.3 Å². The standard InChI is InChI=1S/C19H19NO2S/c1-3-22-19(21)18-13(2)16-10-9-15(11-17(16)23-18)20-12-14-7-5-4-6-8-14/h4-11,20H,3,12H2,1-2H3. The molecule has 1 N–H and O–H groups in total. The van der Waals surface area contributed by atoms with Crippen LogP contribution < -0.4 is 5.32 Å². The summed E-state index contributed by atoms with van der Waals surface area (Å²) in [5.74, 6) is -0.231. The van der Waals surface area contributed by atoms with Gasteiger partial charge in [0.1, 0.15) is 4.88 Å². The summed E-state index contributed by atoms with van der Waals surface area (Å²) in [7, 11) is 0. The van der Waals surface area contributed by atoms with E-state index in [2.05, 4.69) is 35.6 Å². The lowest BCUT2D eigenvalue weighted by Gasteiger charge is -2.06. The topological polar surface area (TPSA) is 38.3 Å². The number of fused-ring (bicyclic) bond motifs is 1. The first-order valence-corrected chi connectivity index (χ1v) is 8.48. The minimum absolute atomic E-state index is 0.231. The molecule has 0 spiro atoms. The van der Waals surface area contributed by atoms with Gasteiger partial charge in [0.15, 0.2) is 0 Å². The summed E-state index contributed by atoms with van der Waals surface area (Å²) in [5.41, 5.74) is 3.29. The Morgan fingerprint density at radius 1 is 1.17 bits per heavy atom. The number of benzene rings is 2. The number of hydrogen-bond donors (Lipinski definition) is 1. The molecule has 0 radical (unpaired) electrons. The van der Waals surface area contributed by atoms with Gasteiger partial charge in [-0.3, -0.25) is 0 Å². The molecule has 0 atom stereocenters. The second kappa shape index (κ2) is 6.84. The summed E-state index contributed by atoms with van der Waals surface area (Å²) in [6.07, 6.45) is 0. The predicted octanol–water partition coefficient (Wildman–Crippen LogP) is 5.00. The first-order chi connectivity index (χ1) is 11.2. The van der Waals surface area contributed by atoms with Crippen molar-refractivity contribution in [3.05, 3.63) is 64.5 Å². The molecule has 0 saturated heterocycles. The number of carbonyl (C=O) groups excluding carboxylic acids is 1. The quantitative estimate of drug-likeness (QED) is 0.671. The van der Waals surface area contributed by atoms with E-state index in [0.717, 1.165) is 27.9 Å². The number of thiophene rings is 1. The van der Waals surface area contributed by atoms with E-state index in [1.807, 2.05) is 32.0 Å². The molecular weight excluding hydrogens is 306 g/mol. The Kier molecular flexibility index (Phi) is 4.63. The fourth-order valence-corrected chi connectivity index (χ4v) is 3.67. The fourth-order valence-electron chi connectivity index (χ4n) is 2.53. The van der Waals surface area contributed by atoms with E-state index in [1.165, 1.54) is 16.9 Å². The average molecular weight is 325 g/mol. The number of hydrogen-bond acceptors (Lipinski definition) is 4. The van der Waals surface area contributed by atoms with Crippen molar-refractivity contribution in [2.45, 2.75) is 20.4 Å². The first kappa shape index (κ1) is 15.6. The van der Waals surface area contributed by atoms with Crippen molar-refractivity contribution in [2.75, 3.05) is 11.9 Å². The Morgan fingerprint density at radius 2 is 1.96 bits per heavy atom. The third kappa shape index (κ3) is 3.37. The maximum absolute atomic E-state index is 12.0. The minimum atomic E-state index is -0.231. The van der Waals surface area contributed by atoms with Crippen LogP contribution in [0, 0.1) is 6.92 Å². The third-order valence-electron chi connectivity index (χ3n) is 3.74. The van der Waals surface area contributed by atoms with Gasteiger partial charge in [-0.25, -0.2) is 4.79 Å². The molecule has 1 aromatic heterocycles. The van der Waals surface area contributed by atoms with Gasteiger partial charge in [-0.2, -0.15) is 0 Å². The highest BCUT2D eigenvalue weighted by atomic mass is 32.1. The Balaban J connectivity index is 1.83. The maximum Gasteiger partial charge on any atom is 0.348 e. The van der Waals surface area contributed by atoms with Crippen molar-refractivity contribution in [1.82, 2.24) is 0 Å². The van der Waals surface area contributed by atoms with Crippen molar-refractivity contribution in [2.24, 2.45) is 0 Å². The normalized spacial score (nSPS) is 10.7. The largest absolute Gasteiger partial charge is 0.462 e. The summed E-state index contributed by atoms with van der Waals surface area (Å²) < 4.78 is 6.23. The summed E-state index contributed by atoms with van der Waals surface area (Å²) in [6, 6.07) is 16.5. The smallest absolute Gasteiger partial charge is 0.348 e. The maximum atomic E-state index is 12.0. The van der Waals surface area contributed by atoms with Gasteiger partial charge in [-0.1, -0.05) is 36.4 Å². The number of nitrogens with one attached hydrogen (secondary N) is 1. The van der Waals surface area contributed by atoms with Crippen LogP contribution in [0.2, 0.25) is 0 Å². The van der Waals surface area contributed by atoms with Gasteiger partial charge in [0.2, 0.25) is 0 Å². The number of anilines is 1. The molecule has 23 heavy (non-hydrogen) atoms. The molecule has 0 fully saturated rings. The molecule has 0 saturated carbocycles. The minimum Gasteiger partial charge on any atom is -0.462 e. The lowest BCUT2D eigenvalue weighted by molar-refractivity contribution is 0.0531. The van der Waals surface area contributed by atoms with Crippen LogP contribution in [-0.2, 0) is 11.3 Å². The molecule has 118 valence electrons. The van der Waals surface area contributed by atoms with Crippen LogP contribution in [0.5, 0.6) is 0 Å². The first-order valence-electron chi connectivity index (χ1n) is 7.67. The van der Waals surface area contributed by atoms with Crippen LogP contribution in [0.25, 0.3) is 10.1 Å². The predicted molar refractivity (Wildman–Crippen MR) is 96.3 cm³/mol. The van der Waals surface area contributed by atoms with E-state index < -0.39 is 0 Å². The molecule has 3 nitrogen and oxygen atoms in total. The van der Waals surface area contributed by atoms with E-state index >= 15 is 0 Å². The zero-order chi connectivity index (χ0) is 16.2. The molecule has 3 rings (SSSR count). The fraction of sp³-hybridized carbons (Fsp3) is 0.211. The van der Waals surface area contributed by atoms with E-state index in [-0.39, 0.29) is 5.97 Å². The molecular formula is C19H19NO2S. The van der Waals surface area contributed by atoms with Crippen LogP contribution in [-0.4, -0.2) is 12.6 Å². The Labute approximate surface area is 139 Å². The zero-order valence-electron chi connectivity index (χ0n) is 13.3. The SMILES string of the molecule is CCOC(=O)c1sc2cc(NCc3ccccc3)ccc2c1C. The third-order valence-corrected chi connectivity index (χ3v) is 4.97. The average Bonchev–Trinajstić information content (AvgIpc) is 2.91. The Morgan fingerprint density at radius 3 is 2.70 bits per heavy atom. The summed E-state index contributed by atoms with van der Waals surface area (Å²) in [4.78, 5) is 12.7. The lowest BCUT2D eigenvalue weighted by Crippen LogP contribution is -2.03. The molecule has 4 heteroatoms. The summed E-state index contributed by atoms with van der Waals surface area (Å²) in [5, 5.41) is 4.54. The van der Waals surface area contributed by atoms with Crippen LogP contribution >= 0.6 is 11.3 Å². The van der Waals surface area contributed by atoms with Crippen molar-refractivity contribution < 1.29 is 9.53 Å². The number of ether oxygens (including phenoxy) is 1. The van der Waals surface area contributed by atoms with Gasteiger partial charge >= 0.3 is 5.97 Å². The van der Waals surface area contributed by atoms with Gasteiger partial charge in [0.05, 0.1) is 6.61 Å².